The smallest absolute Gasteiger partial charge is 0.118 e. The van der Waals surface area contributed by atoms with Crippen LogP contribution in [0.2, 0.25) is 0 Å². The number of hydrazine groups is 1. The molecule has 0 saturated carbocycles. The maximum atomic E-state index is 5.96. The average molecular weight is 250 g/mol. The quantitative estimate of drug-likeness (QED) is 0.635. The van der Waals surface area contributed by atoms with Gasteiger partial charge in [0.1, 0.15) is 5.75 Å². The minimum atomic E-state index is -0.235. The summed E-state index contributed by atoms with van der Waals surface area (Å²) >= 11 is 0. The number of ether oxygens (including phenoxy) is 2. The highest BCUT2D eigenvalue weighted by molar-refractivity contribution is 5.30. The van der Waals surface area contributed by atoms with Crippen molar-refractivity contribution in [3.8, 4) is 5.75 Å². The zero-order valence-electron chi connectivity index (χ0n) is 11.1. The molecule has 0 aliphatic carbocycles. The highest BCUT2D eigenvalue weighted by atomic mass is 16.5. The average Bonchev–Trinajstić information content (AvgIpc) is 2.41. The van der Waals surface area contributed by atoms with Gasteiger partial charge in [0.05, 0.1) is 18.8 Å². The highest BCUT2D eigenvalue weighted by Crippen LogP contribution is 2.36. The van der Waals surface area contributed by atoms with Crippen LogP contribution in [0.5, 0.6) is 5.75 Å². The van der Waals surface area contributed by atoms with Crippen LogP contribution in [0.15, 0.2) is 24.3 Å². The fraction of sp³-hybridized carbons (Fsp3) is 0.571. The highest BCUT2D eigenvalue weighted by Gasteiger charge is 2.37. The predicted octanol–water partition coefficient (Wildman–Crippen LogP) is 2.16. The summed E-state index contributed by atoms with van der Waals surface area (Å²) < 4.78 is 11.1. The Morgan fingerprint density at radius 3 is 2.56 bits per heavy atom. The fourth-order valence-corrected chi connectivity index (χ4v) is 2.60. The van der Waals surface area contributed by atoms with Crippen LogP contribution in [-0.2, 0) is 4.74 Å². The number of hydrogen-bond acceptors (Lipinski definition) is 4. The molecule has 0 bridgehead atoms. The molecule has 1 aliphatic rings. The maximum absolute atomic E-state index is 5.96. The van der Waals surface area contributed by atoms with E-state index in [-0.39, 0.29) is 11.6 Å². The molecule has 4 heteroatoms. The summed E-state index contributed by atoms with van der Waals surface area (Å²) in [5.41, 5.74) is 3.79. The zero-order valence-corrected chi connectivity index (χ0v) is 11.1. The van der Waals surface area contributed by atoms with Crippen molar-refractivity contribution in [1.29, 1.82) is 0 Å². The van der Waals surface area contributed by atoms with E-state index in [1.165, 1.54) is 6.42 Å². The molecule has 0 amide bonds. The van der Waals surface area contributed by atoms with Gasteiger partial charge < -0.3 is 9.47 Å². The molecular weight excluding hydrogens is 228 g/mol. The fourth-order valence-electron chi connectivity index (χ4n) is 2.60. The third kappa shape index (κ3) is 2.66. The van der Waals surface area contributed by atoms with Crippen LogP contribution in [0.25, 0.3) is 0 Å². The molecule has 4 nitrogen and oxygen atoms in total. The Bertz CT molecular complexity index is 372. The van der Waals surface area contributed by atoms with E-state index in [0.29, 0.717) is 0 Å². The SMILES string of the molecule is COc1ccc(C(NN)C2(C)CCCCO2)cc1. The van der Waals surface area contributed by atoms with Crippen LogP contribution >= 0.6 is 0 Å². The lowest BCUT2D eigenvalue weighted by atomic mass is 9.84. The first-order valence-corrected chi connectivity index (χ1v) is 6.43. The Morgan fingerprint density at radius 1 is 1.33 bits per heavy atom. The molecule has 2 unspecified atom stereocenters. The van der Waals surface area contributed by atoms with Crippen LogP contribution in [0.4, 0.5) is 0 Å². The summed E-state index contributed by atoms with van der Waals surface area (Å²) in [6.07, 6.45) is 3.34. The zero-order chi connectivity index (χ0) is 13.0. The topological polar surface area (TPSA) is 56.5 Å². The first-order chi connectivity index (χ1) is 8.69. The van der Waals surface area contributed by atoms with Gasteiger partial charge in [0.15, 0.2) is 0 Å². The second-order valence-electron chi connectivity index (χ2n) is 4.99. The Labute approximate surface area is 108 Å². The van der Waals surface area contributed by atoms with Gasteiger partial charge in [-0.05, 0) is 43.9 Å². The Hall–Kier alpha value is -1.10. The monoisotopic (exact) mass is 250 g/mol. The third-order valence-electron chi connectivity index (χ3n) is 3.73. The van der Waals surface area contributed by atoms with Crippen LogP contribution < -0.4 is 16.0 Å². The molecule has 100 valence electrons. The number of hydrogen-bond donors (Lipinski definition) is 2. The third-order valence-corrected chi connectivity index (χ3v) is 3.73. The van der Waals surface area contributed by atoms with Gasteiger partial charge in [-0.15, -0.1) is 0 Å². The molecule has 0 radical (unpaired) electrons. The normalized spacial score (nSPS) is 25.7. The van der Waals surface area contributed by atoms with E-state index in [9.17, 15) is 0 Å². The van der Waals surface area contributed by atoms with E-state index >= 15 is 0 Å². The van der Waals surface area contributed by atoms with Crippen molar-refractivity contribution in [2.24, 2.45) is 5.84 Å². The standard InChI is InChI=1S/C14H22N2O2/c1-14(9-3-4-10-18-14)13(16-15)11-5-7-12(17-2)8-6-11/h5-8,13,16H,3-4,9-10,15H2,1-2H3. The van der Waals surface area contributed by atoms with Gasteiger partial charge in [-0.1, -0.05) is 12.1 Å². The molecule has 1 saturated heterocycles. The molecule has 2 rings (SSSR count). The van der Waals surface area contributed by atoms with E-state index < -0.39 is 0 Å². The molecule has 0 aromatic heterocycles. The van der Waals surface area contributed by atoms with E-state index in [1.807, 2.05) is 24.3 Å². The first kappa shape index (κ1) is 13.3. The molecule has 1 aliphatic heterocycles. The van der Waals surface area contributed by atoms with E-state index in [2.05, 4.69) is 12.3 Å². The van der Waals surface area contributed by atoms with E-state index in [4.69, 9.17) is 15.3 Å². The van der Waals surface area contributed by atoms with Crippen molar-refractivity contribution in [2.75, 3.05) is 13.7 Å². The molecule has 0 spiro atoms. The van der Waals surface area contributed by atoms with Crippen LogP contribution in [-0.4, -0.2) is 19.3 Å². The largest absolute Gasteiger partial charge is 0.497 e. The molecule has 18 heavy (non-hydrogen) atoms. The Kier molecular flexibility index (Phi) is 4.22. The van der Waals surface area contributed by atoms with Crippen molar-refractivity contribution < 1.29 is 9.47 Å². The lowest BCUT2D eigenvalue weighted by Gasteiger charge is -2.40. The number of rotatable bonds is 4. The van der Waals surface area contributed by atoms with E-state index in [1.54, 1.807) is 7.11 Å². The molecule has 3 N–H and O–H groups in total. The molecular formula is C14H22N2O2. The lowest BCUT2D eigenvalue weighted by molar-refractivity contribution is -0.0899. The molecule has 2 atom stereocenters. The van der Waals surface area contributed by atoms with Crippen LogP contribution in [0.1, 0.15) is 37.8 Å². The van der Waals surface area contributed by atoms with Gasteiger partial charge in [-0.3, -0.25) is 11.3 Å². The van der Waals surface area contributed by atoms with Crippen molar-refractivity contribution in [1.82, 2.24) is 5.43 Å². The Morgan fingerprint density at radius 2 is 2.06 bits per heavy atom. The second-order valence-corrected chi connectivity index (χ2v) is 4.99. The molecule has 1 heterocycles. The van der Waals surface area contributed by atoms with Gasteiger partial charge in [-0.25, -0.2) is 0 Å². The van der Waals surface area contributed by atoms with Crippen molar-refractivity contribution in [2.45, 2.75) is 37.8 Å². The number of nitrogens with two attached hydrogens (primary N) is 1. The summed E-state index contributed by atoms with van der Waals surface area (Å²) in [7, 11) is 1.67. The Balaban J connectivity index is 2.20. The number of nitrogens with one attached hydrogen (secondary N) is 1. The van der Waals surface area contributed by atoms with Gasteiger partial charge >= 0.3 is 0 Å². The minimum Gasteiger partial charge on any atom is -0.497 e. The van der Waals surface area contributed by atoms with E-state index in [0.717, 1.165) is 30.8 Å². The van der Waals surface area contributed by atoms with Crippen molar-refractivity contribution >= 4 is 0 Å². The van der Waals surface area contributed by atoms with Crippen LogP contribution in [0.3, 0.4) is 0 Å². The molecule has 1 fully saturated rings. The molecule has 1 aromatic rings. The predicted molar refractivity (Wildman–Crippen MR) is 71.3 cm³/mol. The number of benzene rings is 1. The summed E-state index contributed by atoms with van der Waals surface area (Å²) in [6.45, 7) is 2.94. The lowest BCUT2D eigenvalue weighted by Crippen LogP contribution is -2.48. The maximum Gasteiger partial charge on any atom is 0.118 e. The minimum absolute atomic E-state index is 0.00343. The van der Waals surface area contributed by atoms with Crippen molar-refractivity contribution in [3.63, 3.8) is 0 Å². The summed E-state index contributed by atoms with van der Waals surface area (Å²) in [5.74, 6) is 6.58. The first-order valence-electron chi connectivity index (χ1n) is 6.43. The van der Waals surface area contributed by atoms with Gasteiger partial charge in [-0.2, -0.15) is 0 Å². The summed E-state index contributed by atoms with van der Waals surface area (Å²) in [6, 6.07) is 7.97. The van der Waals surface area contributed by atoms with Gasteiger partial charge in [0.2, 0.25) is 0 Å². The summed E-state index contributed by atoms with van der Waals surface area (Å²) in [4.78, 5) is 0. The molecule has 1 aromatic carbocycles. The number of methoxy groups -OCH3 is 1. The van der Waals surface area contributed by atoms with Crippen LogP contribution in [0, 0.1) is 0 Å². The summed E-state index contributed by atoms with van der Waals surface area (Å²) in [5, 5.41) is 0. The van der Waals surface area contributed by atoms with Gasteiger partial charge in [0, 0.05) is 6.61 Å². The van der Waals surface area contributed by atoms with Crippen molar-refractivity contribution in [3.05, 3.63) is 29.8 Å². The second kappa shape index (κ2) is 5.69. The van der Waals surface area contributed by atoms with Gasteiger partial charge in [0.25, 0.3) is 0 Å².